The molecule has 1 fully saturated rings. The Morgan fingerprint density at radius 2 is 2.17 bits per heavy atom. The van der Waals surface area contributed by atoms with Crippen LogP contribution in [0.2, 0.25) is 0 Å². The number of hydrogen-bond acceptors (Lipinski definition) is 4. The molecule has 0 atom stereocenters. The van der Waals surface area contributed by atoms with E-state index < -0.39 is 0 Å². The van der Waals surface area contributed by atoms with Crippen molar-refractivity contribution in [3.05, 3.63) is 22.4 Å². The van der Waals surface area contributed by atoms with Gasteiger partial charge in [0.1, 0.15) is 0 Å². The molecule has 1 saturated heterocycles. The predicted molar refractivity (Wildman–Crippen MR) is 96.4 cm³/mol. The van der Waals surface area contributed by atoms with Gasteiger partial charge in [-0.3, -0.25) is 4.99 Å². The van der Waals surface area contributed by atoms with Gasteiger partial charge in [0, 0.05) is 51.4 Å². The largest absolute Gasteiger partial charge is 0.381 e. The average Bonchev–Trinajstić information content (AvgIpc) is 3.10. The highest BCUT2D eigenvalue weighted by Crippen LogP contribution is 2.14. The summed E-state index contributed by atoms with van der Waals surface area (Å²) in [5.74, 6) is 1.55. The van der Waals surface area contributed by atoms with Gasteiger partial charge in [-0.25, -0.2) is 0 Å². The molecule has 0 saturated carbocycles. The number of nitrogens with zero attached hydrogens (tertiary/aromatic N) is 1. The van der Waals surface area contributed by atoms with Gasteiger partial charge in [-0.1, -0.05) is 6.07 Å². The van der Waals surface area contributed by atoms with E-state index in [-0.39, 0.29) is 0 Å². The van der Waals surface area contributed by atoms with Crippen molar-refractivity contribution in [1.29, 1.82) is 0 Å². The van der Waals surface area contributed by atoms with E-state index in [0.717, 1.165) is 71.2 Å². The van der Waals surface area contributed by atoms with E-state index in [0.29, 0.717) is 5.92 Å². The first-order valence-electron chi connectivity index (χ1n) is 8.51. The minimum absolute atomic E-state index is 0.684. The Hall–Kier alpha value is -1.11. The minimum Gasteiger partial charge on any atom is -0.381 e. The SMILES string of the molecule is CN=C(NCCCOCC1CCOCC1)NCCc1cccs1. The molecule has 0 bridgehead atoms. The van der Waals surface area contributed by atoms with Crippen molar-refractivity contribution in [2.24, 2.45) is 10.9 Å². The molecule has 1 aliphatic rings. The molecule has 130 valence electrons. The first kappa shape index (κ1) is 18.2. The topological polar surface area (TPSA) is 54.9 Å². The number of nitrogens with one attached hydrogen (secondary N) is 2. The number of rotatable bonds is 9. The molecule has 23 heavy (non-hydrogen) atoms. The molecular formula is C17H29N3O2S. The molecule has 2 rings (SSSR count). The van der Waals surface area contributed by atoms with Gasteiger partial charge in [0.2, 0.25) is 0 Å². The van der Waals surface area contributed by atoms with E-state index >= 15 is 0 Å². The molecule has 0 unspecified atom stereocenters. The highest BCUT2D eigenvalue weighted by molar-refractivity contribution is 7.09. The zero-order chi connectivity index (χ0) is 16.2. The van der Waals surface area contributed by atoms with Crippen LogP contribution in [0.1, 0.15) is 24.1 Å². The van der Waals surface area contributed by atoms with Crippen molar-refractivity contribution >= 4 is 17.3 Å². The summed E-state index contributed by atoms with van der Waals surface area (Å²) in [7, 11) is 1.81. The van der Waals surface area contributed by atoms with Gasteiger partial charge in [-0.05, 0) is 43.0 Å². The Bertz CT molecular complexity index is 431. The Morgan fingerprint density at radius 1 is 1.35 bits per heavy atom. The third-order valence-electron chi connectivity index (χ3n) is 3.92. The van der Waals surface area contributed by atoms with Crippen LogP contribution >= 0.6 is 11.3 Å². The van der Waals surface area contributed by atoms with Crippen LogP contribution in [0.5, 0.6) is 0 Å². The summed E-state index contributed by atoms with van der Waals surface area (Å²) in [5, 5.41) is 8.79. The second-order valence-corrected chi connectivity index (χ2v) is 6.77. The summed E-state index contributed by atoms with van der Waals surface area (Å²) in [6.07, 6.45) is 4.31. The van der Waals surface area contributed by atoms with Crippen molar-refractivity contribution < 1.29 is 9.47 Å². The standard InChI is InChI=1S/C17H29N3O2S/c1-18-17(20-9-5-16-4-2-13-23-16)19-8-3-10-22-14-15-6-11-21-12-7-15/h2,4,13,15H,3,5-12,14H2,1H3,(H2,18,19,20). The molecule has 6 heteroatoms. The van der Waals surface area contributed by atoms with Gasteiger partial charge in [-0.2, -0.15) is 0 Å². The molecule has 0 amide bonds. The normalized spacial score (nSPS) is 16.5. The zero-order valence-electron chi connectivity index (χ0n) is 14.1. The van der Waals surface area contributed by atoms with E-state index in [4.69, 9.17) is 9.47 Å². The van der Waals surface area contributed by atoms with Gasteiger partial charge < -0.3 is 20.1 Å². The first-order chi connectivity index (χ1) is 11.4. The smallest absolute Gasteiger partial charge is 0.190 e. The van der Waals surface area contributed by atoms with Crippen molar-refractivity contribution in [3.63, 3.8) is 0 Å². The summed E-state index contributed by atoms with van der Waals surface area (Å²) in [6.45, 7) is 5.24. The van der Waals surface area contributed by atoms with Crippen LogP contribution in [0.15, 0.2) is 22.5 Å². The first-order valence-corrected chi connectivity index (χ1v) is 9.39. The van der Waals surface area contributed by atoms with Crippen molar-refractivity contribution in [2.75, 3.05) is 46.6 Å². The quantitative estimate of drug-likeness (QED) is 0.412. The number of thiophene rings is 1. The molecule has 5 nitrogen and oxygen atoms in total. The molecule has 1 aromatic heterocycles. The monoisotopic (exact) mass is 339 g/mol. The fourth-order valence-electron chi connectivity index (χ4n) is 2.52. The van der Waals surface area contributed by atoms with Gasteiger partial charge >= 0.3 is 0 Å². The maximum Gasteiger partial charge on any atom is 0.190 e. The number of guanidine groups is 1. The molecule has 1 aliphatic heterocycles. The summed E-state index contributed by atoms with van der Waals surface area (Å²) < 4.78 is 11.1. The Labute approximate surface area is 143 Å². The Balaban J connectivity index is 1.45. The minimum atomic E-state index is 0.684. The maximum absolute atomic E-state index is 5.76. The summed E-state index contributed by atoms with van der Waals surface area (Å²) in [4.78, 5) is 5.64. The lowest BCUT2D eigenvalue weighted by molar-refractivity contribution is 0.0203. The molecule has 0 aliphatic carbocycles. The van der Waals surface area contributed by atoms with Crippen molar-refractivity contribution in [3.8, 4) is 0 Å². The molecule has 0 radical (unpaired) electrons. The van der Waals surface area contributed by atoms with E-state index in [2.05, 4.69) is 33.1 Å². The number of ether oxygens (including phenoxy) is 2. The summed E-state index contributed by atoms with van der Waals surface area (Å²) in [6, 6.07) is 4.26. The fraction of sp³-hybridized carbons (Fsp3) is 0.706. The summed E-state index contributed by atoms with van der Waals surface area (Å²) in [5.41, 5.74) is 0. The van der Waals surface area contributed by atoms with Crippen LogP contribution in [-0.2, 0) is 15.9 Å². The zero-order valence-corrected chi connectivity index (χ0v) is 14.9. The van der Waals surface area contributed by atoms with E-state index in [1.807, 2.05) is 7.05 Å². The van der Waals surface area contributed by atoms with E-state index in [9.17, 15) is 0 Å². The van der Waals surface area contributed by atoms with E-state index in [1.165, 1.54) is 4.88 Å². The molecule has 2 N–H and O–H groups in total. The van der Waals surface area contributed by atoms with Crippen LogP contribution in [0.25, 0.3) is 0 Å². The Morgan fingerprint density at radius 3 is 2.91 bits per heavy atom. The second kappa shape index (κ2) is 11.4. The summed E-state index contributed by atoms with van der Waals surface area (Å²) >= 11 is 1.80. The van der Waals surface area contributed by atoms with Crippen LogP contribution in [-0.4, -0.2) is 52.5 Å². The molecule has 0 spiro atoms. The highest BCUT2D eigenvalue weighted by atomic mass is 32.1. The van der Waals surface area contributed by atoms with Crippen LogP contribution in [0, 0.1) is 5.92 Å². The third kappa shape index (κ3) is 7.81. The van der Waals surface area contributed by atoms with Gasteiger partial charge in [-0.15, -0.1) is 11.3 Å². The van der Waals surface area contributed by atoms with Gasteiger partial charge in [0.25, 0.3) is 0 Å². The van der Waals surface area contributed by atoms with Crippen molar-refractivity contribution in [2.45, 2.75) is 25.7 Å². The van der Waals surface area contributed by atoms with Crippen LogP contribution in [0.4, 0.5) is 0 Å². The maximum atomic E-state index is 5.76. The van der Waals surface area contributed by atoms with Gasteiger partial charge in [0.05, 0.1) is 0 Å². The molecule has 1 aromatic rings. The van der Waals surface area contributed by atoms with Crippen LogP contribution in [0.3, 0.4) is 0 Å². The van der Waals surface area contributed by atoms with Crippen molar-refractivity contribution in [1.82, 2.24) is 10.6 Å². The molecular weight excluding hydrogens is 310 g/mol. The Kier molecular flexibility index (Phi) is 9.06. The average molecular weight is 340 g/mol. The second-order valence-electron chi connectivity index (χ2n) is 5.74. The van der Waals surface area contributed by atoms with Crippen LogP contribution < -0.4 is 10.6 Å². The van der Waals surface area contributed by atoms with Gasteiger partial charge in [0.15, 0.2) is 5.96 Å². The number of hydrogen-bond donors (Lipinski definition) is 2. The number of aliphatic imine (C=N–C) groups is 1. The lowest BCUT2D eigenvalue weighted by atomic mass is 10.0. The highest BCUT2D eigenvalue weighted by Gasteiger charge is 2.13. The third-order valence-corrected chi connectivity index (χ3v) is 4.86. The predicted octanol–water partition coefficient (Wildman–Crippen LogP) is 2.29. The van der Waals surface area contributed by atoms with E-state index in [1.54, 1.807) is 11.3 Å². The molecule has 2 heterocycles. The lowest BCUT2D eigenvalue weighted by Crippen LogP contribution is -2.39. The molecule has 0 aromatic carbocycles. The lowest BCUT2D eigenvalue weighted by Gasteiger charge is -2.21. The fourth-order valence-corrected chi connectivity index (χ4v) is 3.23.